The molecule has 0 radical (unpaired) electrons. The minimum absolute atomic E-state index is 0.0131. The van der Waals surface area contributed by atoms with Crippen molar-refractivity contribution in [1.29, 1.82) is 0 Å². The number of aromatic nitrogens is 1. The number of methoxy groups -OCH3 is 2. The summed E-state index contributed by atoms with van der Waals surface area (Å²) in [5.41, 5.74) is 2.97. The first-order valence-corrected chi connectivity index (χ1v) is 16.2. The lowest BCUT2D eigenvalue weighted by molar-refractivity contribution is 0.102. The molecule has 0 bridgehead atoms. The van der Waals surface area contributed by atoms with Crippen LogP contribution in [0.25, 0.3) is 10.2 Å². The van der Waals surface area contributed by atoms with Crippen molar-refractivity contribution in [2.75, 3.05) is 49.8 Å². The standard InChI is InChI=1S/C32H34N4O7S.C2H6/c1-6-41-25-12-19(8-7-17(25)2)33-30(37)21-13-26-27(43-16-42-26)14-23(21)34-31(38)28-24(40-5)10-9-22-29(28)44-32(35-22)36-18(3)11-20(36)15-39-4;1-2/h7-10,12-14,18,20H,6,11,15-16H2,1-5H3,(H,33,37)(H,34,38);1-2H3. The molecule has 4 aromatic rings. The number of ether oxygens (including phenoxy) is 5. The molecule has 244 valence electrons. The number of aryl methyl sites for hydroxylation is 1. The molecule has 2 aliphatic heterocycles. The third kappa shape index (κ3) is 6.40. The van der Waals surface area contributed by atoms with Gasteiger partial charge < -0.3 is 39.2 Å². The van der Waals surface area contributed by atoms with Crippen molar-refractivity contribution in [3.63, 3.8) is 0 Å². The third-order valence-corrected chi connectivity index (χ3v) is 8.87. The predicted octanol–water partition coefficient (Wildman–Crippen LogP) is 6.89. The molecule has 12 heteroatoms. The number of nitrogens with zero attached hydrogens (tertiary/aromatic N) is 2. The van der Waals surface area contributed by atoms with E-state index in [0.29, 0.717) is 63.7 Å². The highest BCUT2D eigenvalue weighted by molar-refractivity contribution is 7.22. The largest absolute Gasteiger partial charge is 0.496 e. The van der Waals surface area contributed by atoms with E-state index in [4.69, 9.17) is 28.7 Å². The van der Waals surface area contributed by atoms with E-state index in [1.165, 1.54) is 18.4 Å². The average Bonchev–Trinajstić information content (AvgIpc) is 3.68. The Labute approximate surface area is 272 Å². The van der Waals surface area contributed by atoms with Crippen molar-refractivity contribution in [3.05, 3.63) is 59.2 Å². The maximum Gasteiger partial charge on any atom is 0.260 e. The molecule has 0 spiro atoms. The number of hydrogen-bond acceptors (Lipinski definition) is 10. The third-order valence-electron chi connectivity index (χ3n) is 7.77. The predicted molar refractivity (Wildman–Crippen MR) is 181 cm³/mol. The molecule has 2 unspecified atom stereocenters. The Hall–Kier alpha value is -4.55. The van der Waals surface area contributed by atoms with E-state index in [0.717, 1.165) is 17.1 Å². The van der Waals surface area contributed by atoms with Crippen LogP contribution in [0.5, 0.6) is 23.0 Å². The molecule has 11 nitrogen and oxygen atoms in total. The highest BCUT2D eigenvalue weighted by atomic mass is 32.1. The first-order valence-electron chi connectivity index (χ1n) is 15.4. The summed E-state index contributed by atoms with van der Waals surface area (Å²) < 4.78 is 28.5. The molecule has 6 rings (SSSR count). The Kier molecular flexibility index (Phi) is 10.2. The van der Waals surface area contributed by atoms with Crippen LogP contribution >= 0.6 is 11.3 Å². The van der Waals surface area contributed by atoms with Crippen LogP contribution in [0, 0.1) is 6.92 Å². The number of hydrogen-bond donors (Lipinski definition) is 2. The van der Waals surface area contributed by atoms with Gasteiger partial charge in [0.1, 0.15) is 17.1 Å². The fourth-order valence-corrected chi connectivity index (χ4v) is 6.87. The summed E-state index contributed by atoms with van der Waals surface area (Å²) in [7, 11) is 3.21. The van der Waals surface area contributed by atoms with Crippen LogP contribution < -0.4 is 34.5 Å². The fraction of sp³-hybridized carbons (Fsp3) is 0.382. The Bertz CT molecular complexity index is 1740. The van der Waals surface area contributed by atoms with E-state index in [2.05, 4.69) is 22.5 Å². The Morgan fingerprint density at radius 3 is 2.48 bits per heavy atom. The molecule has 2 amide bonds. The van der Waals surface area contributed by atoms with Gasteiger partial charge in [0.2, 0.25) is 6.79 Å². The normalized spacial score (nSPS) is 16.3. The molecule has 2 N–H and O–H groups in total. The van der Waals surface area contributed by atoms with Gasteiger partial charge in [-0.05, 0) is 57.0 Å². The lowest BCUT2D eigenvalue weighted by Crippen LogP contribution is -2.56. The van der Waals surface area contributed by atoms with E-state index in [9.17, 15) is 9.59 Å². The van der Waals surface area contributed by atoms with Gasteiger partial charge in [-0.25, -0.2) is 4.98 Å². The van der Waals surface area contributed by atoms with E-state index in [-0.39, 0.29) is 24.1 Å². The van der Waals surface area contributed by atoms with E-state index < -0.39 is 11.8 Å². The van der Waals surface area contributed by atoms with Crippen LogP contribution in [0.4, 0.5) is 16.5 Å². The van der Waals surface area contributed by atoms with Gasteiger partial charge >= 0.3 is 0 Å². The number of anilines is 3. The molecule has 3 heterocycles. The van der Waals surface area contributed by atoms with Crippen LogP contribution in [0.3, 0.4) is 0 Å². The molecule has 1 aromatic heterocycles. The molecular weight excluding hydrogens is 608 g/mol. The van der Waals surface area contributed by atoms with E-state index in [1.807, 2.05) is 39.8 Å². The minimum Gasteiger partial charge on any atom is -0.496 e. The van der Waals surface area contributed by atoms with Gasteiger partial charge in [0.15, 0.2) is 16.6 Å². The molecule has 0 saturated carbocycles. The number of carbonyl (C=O) groups is 2. The molecule has 2 atom stereocenters. The highest BCUT2D eigenvalue weighted by Crippen LogP contribution is 2.42. The van der Waals surface area contributed by atoms with Gasteiger partial charge in [0.05, 0.1) is 47.8 Å². The molecular formula is C34H40N4O7S. The first-order chi connectivity index (χ1) is 22.3. The summed E-state index contributed by atoms with van der Waals surface area (Å²) in [6.07, 6.45) is 1.00. The number of thiazole rings is 1. The number of nitrogens with one attached hydrogen (secondary N) is 2. The topological polar surface area (TPSA) is 120 Å². The van der Waals surface area contributed by atoms with Gasteiger partial charge in [-0.3, -0.25) is 9.59 Å². The zero-order valence-corrected chi connectivity index (χ0v) is 28.0. The second-order valence-corrected chi connectivity index (χ2v) is 11.6. The van der Waals surface area contributed by atoms with Gasteiger partial charge in [0.25, 0.3) is 11.8 Å². The molecule has 0 aliphatic carbocycles. The molecule has 1 fully saturated rings. The maximum atomic E-state index is 14.0. The quantitative estimate of drug-likeness (QED) is 0.190. The van der Waals surface area contributed by atoms with Crippen LogP contribution in [0.15, 0.2) is 42.5 Å². The van der Waals surface area contributed by atoms with Gasteiger partial charge in [0, 0.05) is 31.0 Å². The van der Waals surface area contributed by atoms with Crippen molar-refractivity contribution in [2.45, 2.75) is 53.1 Å². The van der Waals surface area contributed by atoms with Crippen molar-refractivity contribution >= 4 is 49.9 Å². The number of fused-ring (bicyclic) bond motifs is 2. The zero-order chi connectivity index (χ0) is 33.0. The smallest absolute Gasteiger partial charge is 0.260 e. The molecule has 1 saturated heterocycles. The van der Waals surface area contributed by atoms with Crippen LogP contribution in [-0.4, -0.2) is 63.1 Å². The van der Waals surface area contributed by atoms with Crippen molar-refractivity contribution in [1.82, 2.24) is 4.98 Å². The summed E-state index contributed by atoms with van der Waals surface area (Å²) in [5, 5.41) is 6.67. The lowest BCUT2D eigenvalue weighted by atomic mass is 9.96. The fourth-order valence-electron chi connectivity index (χ4n) is 5.59. The van der Waals surface area contributed by atoms with Gasteiger partial charge in [-0.1, -0.05) is 31.3 Å². The molecule has 2 aliphatic rings. The summed E-state index contributed by atoms with van der Waals surface area (Å²) in [6.45, 7) is 11.1. The zero-order valence-electron chi connectivity index (χ0n) is 27.2. The monoisotopic (exact) mass is 648 g/mol. The summed E-state index contributed by atoms with van der Waals surface area (Å²) >= 11 is 1.43. The molecule has 46 heavy (non-hydrogen) atoms. The Morgan fingerprint density at radius 2 is 1.78 bits per heavy atom. The highest BCUT2D eigenvalue weighted by Gasteiger charge is 2.37. The van der Waals surface area contributed by atoms with Gasteiger partial charge in [-0.2, -0.15) is 0 Å². The minimum atomic E-state index is -0.449. The number of amides is 2. The van der Waals surface area contributed by atoms with Crippen LogP contribution in [0.1, 0.15) is 60.4 Å². The van der Waals surface area contributed by atoms with Gasteiger partial charge in [-0.15, -0.1) is 0 Å². The summed E-state index contributed by atoms with van der Waals surface area (Å²) in [5.74, 6) is 1.01. The van der Waals surface area contributed by atoms with Crippen LogP contribution in [0.2, 0.25) is 0 Å². The number of benzene rings is 3. The first kappa shape index (κ1) is 32.8. The van der Waals surface area contributed by atoms with E-state index >= 15 is 0 Å². The Morgan fingerprint density at radius 1 is 1.02 bits per heavy atom. The van der Waals surface area contributed by atoms with Crippen molar-refractivity contribution in [3.8, 4) is 23.0 Å². The maximum absolute atomic E-state index is 14.0. The van der Waals surface area contributed by atoms with Crippen LogP contribution in [-0.2, 0) is 4.74 Å². The van der Waals surface area contributed by atoms with Crippen molar-refractivity contribution < 1.29 is 33.3 Å². The second kappa shape index (κ2) is 14.3. The summed E-state index contributed by atoms with van der Waals surface area (Å²) in [4.78, 5) is 34.7. The van der Waals surface area contributed by atoms with E-state index in [1.54, 1.807) is 37.4 Å². The lowest BCUT2D eigenvalue weighted by Gasteiger charge is -2.46. The number of carbonyl (C=O) groups excluding carboxylic acids is 2. The average molecular weight is 649 g/mol. The molecule has 3 aromatic carbocycles. The number of rotatable bonds is 10. The Balaban J connectivity index is 0.00000204. The van der Waals surface area contributed by atoms with Crippen molar-refractivity contribution in [2.24, 2.45) is 0 Å². The summed E-state index contributed by atoms with van der Waals surface area (Å²) in [6, 6.07) is 12.7. The SMILES string of the molecule is CC.CCOc1cc(NC(=O)c2cc3c(cc2NC(=O)c2c(OC)ccc4nc(N5C(C)CC5COC)sc24)OCO3)ccc1C. The second-order valence-electron chi connectivity index (χ2n) is 10.7.